The highest BCUT2D eigenvalue weighted by Gasteiger charge is 1.83. The second-order valence-corrected chi connectivity index (χ2v) is 2.27. The van der Waals surface area contributed by atoms with Crippen LogP contribution in [0.3, 0.4) is 0 Å². The molecule has 0 unspecified atom stereocenters. The first-order valence-corrected chi connectivity index (χ1v) is 4.04. The summed E-state index contributed by atoms with van der Waals surface area (Å²) in [5.41, 5.74) is 0. The zero-order valence-electron chi connectivity index (χ0n) is 8.67. The van der Waals surface area contributed by atoms with E-state index in [-0.39, 0.29) is 24.8 Å². The minimum absolute atomic E-state index is 0. The van der Waals surface area contributed by atoms with Crippen LogP contribution in [0.25, 0.3) is 0 Å². The summed E-state index contributed by atoms with van der Waals surface area (Å²) in [7, 11) is 0. The van der Waals surface area contributed by atoms with E-state index in [1.165, 1.54) is 0 Å². The van der Waals surface area contributed by atoms with Crippen molar-refractivity contribution in [2.24, 2.45) is 0 Å². The summed E-state index contributed by atoms with van der Waals surface area (Å²) >= 11 is 0. The number of carboxylic acids is 1. The van der Waals surface area contributed by atoms with Gasteiger partial charge in [0.1, 0.15) is 5.75 Å². The van der Waals surface area contributed by atoms with E-state index in [1.807, 2.05) is 37.3 Å². The number of halogens is 2. The molecule has 0 heterocycles. The van der Waals surface area contributed by atoms with Gasteiger partial charge >= 0.3 is 0 Å². The van der Waals surface area contributed by atoms with Gasteiger partial charge in [0.2, 0.25) is 0 Å². The summed E-state index contributed by atoms with van der Waals surface area (Å²) in [6.45, 7) is 3.80. The fourth-order valence-electron chi connectivity index (χ4n) is 0.683. The number of hydrogen-bond acceptors (Lipinski definition) is 2. The molecule has 1 rings (SSSR count). The number of benzene rings is 1. The Kier molecular flexibility index (Phi) is 17.1. The van der Waals surface area contributed by atoms with Gasteiger partial charge in [-0.15, -0.1) is 24.8 Å². The third-order valence-corrected chi connectivity index (χ3v) is 1.05. The molecule has 88 valence electrons. The van der Waals surface area contributed by atoms with Crippen molar-refractivity contribution in [3.8, 4) is 5.75 Å². The van der Waals surface area contributed by atoms with Crippen molar-refractivity contribution >= 4 is 30.8 Å². The molecule has 1 N–H and O–H groups in total. The van der Waals surface area contributed by atoms with E-state index in [0.29, 0.717) is 0 Å². The largest absolute Gasteiger partial charge is 0.494 e. The van der Waals surface area contributed by atoms with Gasteiger partial charge in [-0.3, -0.25) is 4.79 Å². The Morgan fingerprint density at radius 3 is 2.00 bits per heavy atom. The lowest BCUT2D eigenvalue weighted by atomic mass is 10.3. The molecule has 0 fully saturated rings. The lowest BCUT2D eigenvalue weighted by molar-refractivity contribution is -0.134. The summed E-state index contributed by atoms with van der Waals surface area (Å²) in [5.74, 6) is 0.111. The van der Waals surface area contributed by atoms with E-state index < -0.39 is 5.97 Å². The van der Waals surface area contributed by atoms with Crippen molar-refractivity contribution in [1.82, 2.24) is 0 Å². The summed E-state index contributed by atoms with van der Waals surface area (Å²) in [4.78, 5) is 9.00. The van der Waals surface area contributed by atoms with Crippen molar-refractivity contribution in [3.63, 3.8) is 0 Å². The van der Waals surface area contributed by atoms with Gasteiger partial charge in [-0.1, -0.05) is 18.2 Å². The monoisotopic (exact) mass is 254 g/mol. The van der Waals surface area contributed by atoms with E-state index in [2.05, 4.69) is 0 Å². The first-order chi connectivity index (χ1) is 6.16. The zero-order chi connectivity index (χ0) is 10.1. The first kappa shape index (κ1) is 19.6. The Hall–Kier alpha value is -0.930. The van der Waals surface area contributed by atoms with Crippen LogP contribution in [-0.2, 0) is 4.79 Å². The van der Waals surface area contributed by atoms with Crippen molar-refractivity contribution in [1.29, 1.82) is 0 Å². The van der Waals surface area contributed by atoms with Crippen molar-refractivity contribution in [2.75, 3.05) is 6.61 Å². The van der Waals surface area contributed by atoms with Gasteiger partial charge in [0, 0.05) is 6.92 Å². The predicted octanol–water partition coefficient (Wildman–Crippen LogP) is 3.02. The van der Waals surface area contributed by atoms with Crippen molar-refractivity contribution in [2.45, 2.75) is 13.8 Å². The summed E-state index contributed by atoms with van der Waals surface area (Å²) < 4.78 is 5.21. The van der Waals surface area contributed by atoms with E-state index in [0.717, 1.165) is 19.3 Å². The molecular formula is C10H16Cl2O3. The van der Waals surface area contributed by atoms with Gasteiger partial charge in [-0.05, 0) is 19.1 Å². The second kappa shape index (κ2) is 13.1. The number of carbonyl (C=O) groups is 1. The molecule has 0 amide bonds. The SMILES string of the molecule is CC(=O)O.CCOc1ccccc1.Cl.Cl. The van der Waals surface area contributed by atoms with Gasteiger partial charge in [-0.2, -0.15) is 0 Å². The van der Waals surface area contributed by atoms with Crippen LogP contribution in [0.2, 0.25) is 0 Å². The molecule has 3 nitrogen and oxygen atoms in total. The third-order valence-electron chi connectivity index (χ3n) is 1.05. The van der Waals surface area contributed by atoms with Crippen LogP contribution >= 0.6 is 24.8 Å². The number of ether oxygens (including phenoxy) is 1. The van der Waals surface area contributed by atoms with Crippen LogP contribution in [0.15, 0.2) is 30.3 Å². The molecule has 0 aliphatic carbocycles. The van der Waals surface area contributed by atoms with E-state index in [1.54, 1.807) is 0 Å². The van der Waals surface area contributed by atoms with Crippen LogP contribution in [0, 0.1) is 0 Å². The smallest absolute Gasteiger partial charge is 0.300 e. The minimum Gasteiger partial charge on any atom is -0.494 e. The Bertz CT molecular complexity index is 236. The summed E-state index contributed by atoms with van der Waals surface area (Å²) in [5, 5.41) is 7.42. The number of aliphatic carboxylic acids is 1. The highest BCUT2D eigenvalue weighted by molar-refractivity contribution is 5.85. The quantitative estimate of drug-likeness (QED) is 0.883. The Morgan fingerprint density at radius 1 is 1.27 bits per heavy atom. The topological polar surface area (TPSA) is 46.5 Å². The average Bonchev–Trinajstić information content (AvgIpc) is 2.06. The van der Waals surface area contributed by atoms with Crippen molar-refractivity contribution in [3.05, 3.63) is 30.3 Å². The fraction of sp³-hybridized carbons (Fsp3) is 0.300. The minimum atomic E-state index is -0.833. The zero-order valence-corrected chi connectivity index (χ0v) is 10.3. The normalized spacial score (nSPS) is 7.07. The molecule has 0 bridgehead atoms. The van der Waals surface area contributed by atoms with Crippen molar-refractivity contribution < 1.29 is 14.6 Å². The molecule has 0 radical (unpaired) electrons. The van der Waals surface area contributed by atoms with Crippen LogP contribution in [-0.4, -0.2) is 17.7 Å². The molecule has 0 spiro atoms. The second-order valence-electron chi connectivity index (χ2n) is 2.27. The molecule has 0 aromatic heterocycles. The molecule has 0 atom stereocenters. The Balaban J connectivity index is -0.000000213. The molecule has 5 heteroatoms. The molecule has 1 aromatic rings. The highest BCUT2D eigenvalue weighted by atomic mass is 35.5. The van der Waals surface area contributed by atoms with Crippen LogP contribution in [0.1, 0.15) is 13.8 Å². The van der Waals surface area contributed by atoms with Gasteiger partial charge < -0.3 is 9.84 Å². The maximum Gasteiger partial charge on any atom is 0.300 e. The lowest BCUT2D eigenvalue weighted by Crippen LogP contribution is -1.89. The standard InChI is InChI=1S/C8H10O.C2H4O2.2ClH/c1-2-9-8-6-4-3-5-7-8;1-2(3)4;;/h3-7H,2H2,1H3;1H3,(H,3,4);2*1H. The molecule has 0 aliphatic rings. The van der Waals surface area contributed by atoms with Crippen LogP contribution in [0.5, 0.6) is 5.75 Å². The number of rotatable bonds is 2. The van der Waals surface area contributed by atoms with Crippen LogP contribution in [0.4, 0.5) is 0 Å². The maximum atomic E-state index is 9.00. The molecule has 0 saturated heterocycles. The molecule has 0 aliphatic heterocycles. The van der Waals surface area contributed by atoms with Gasteiger partial charge in [0.15, 0.2) is 0 Å². The molecule has 15 heavy (non-hydrogen) atoms. The number of para-hydroxylation sites is 1. The van der Waals surface area contributed by atoms with E-state index >= 15 is 0 Å². The Labute approximate surface area is 102 Å². The van der Waals surface area contributed by atoms with E-state index in [9.17, 15) is 0 Å². The number of hydrogen-bond donors (Lipinski definition) is 1. The first-order valence-electron chi connectivity index (χ1n) is 4.04. The number of carboxylic acid groups (broad SMARTS) is 1. The molecule has 0 saturated carbocycles. The van der Waals surface area contributed by atoms with E-state index in [4.69, 9.17) is 14.6 Å². The third kappa shape index (κ3) is 15.8. The maximum absolute atomic E-state index is 9.00. The lowest BCUT2D eigenvalue weighted by Gasteiger charge is -1.99. The van der Waals surface area contributed by atoms with Gasteiger partial charge in [-0.25, -0.2) is 0 Å². The fourth-order valence-corrected chi connectivity index (χ4v) is 0.683. The predicted molar refractivity (Wildman–Crippen MR) is 65.4 cm³/mol. The van der Waals surface area contributed by atoms with Crippen LogP contribution < -0.4 is 4.74 Å². The molecule has 1 aromatic carbocycles. The molecular weight excluding hydrogens is 239 g/mol. The summed E-state index contributed by atoms with van der Waals surface area (Å²) in [6.07, 6.45) is 0. The Morgan fingerprint density at radius 2 is 1.67 bits per heavy atom. The highest BCUT2D eigenvalue weighted by Crippen LogP contribution is 2.06. The summed E-state index contributed by atoms with van der Waals surface area (Å²) in [6, 6.07) is 9.80. The van der Waals surface area contributed by atoms with Gasteiger partial charge in [0.05, 0.1) is 6.61 Å². The van der Waals surface area contributed by atoms with Gasteiger partial charge in [0.25, 0.3) is 5.97 Å². The average molecular weight is 255 g/mol.